The van der Waals surface area contributed by atoms with Gasteiger partial charge in [-0.2, -0.15) is 0 Å². The smallest absolute Gasteiger partial charge is 0.0950 e. The first-order valence-corrected chi connectivity index (χ1v) is 7.89. The Kier molecular flexibility index (Phi) is 4.03. The lowest BCUT2D eigenvalue weighted by atomic mass is 9.90. The predicted molar refractivity (Wildman–Crippen MR) is 80.8 cm³/mol. The van der Waals surface area contributed by atoms with Crippen molar-refractivity contribution in [2.75, 3.05) is 0 Å². The Morgan fingerprint density at radius 1 is 1.26 bits per heavy atom. The van der Waals surface area contributed by atoms with Gasteiger partial charge in [-0.1, -0.05) is 25.3 Å². The molecule has 2 N–H and O–H groups in total. The van der Waals surface area contributed by atoms with Gasteiger partial charge in [-0.05, 0) is 25.4 Å². The lowest BCUT2D eigenvalue weighted by molar-refractivity contribution is 0.550. The van der Waals surface area contributed by atoms with Crippen molar-refractivity contribution in [2.45, 2.75) is 52.5 Å². The first-order chi connectivity index (χ1) is 8.79. The molecule has 2 heterocycles. The van der Waals surface area contributed by atoms with Gasteiger partial charge in [-0.25, -0.2) is 4.98 Å². The van der Waals surface area contributed by atoms with E-state index in [-0.39, 0.29) is 11.5 Å². The van der Waals surface area contributed by atoms with E-state index in [0.717, 1.165) is 27.7 Å². The summed E-state index contributed by atoms with van der Waals surface area (Å²) < 4.78 is 4.07. The maximum Gasteiger partial charge on any atom is 0.0950 e. The molecule has 0 radical (unpaired) electrons. The number of nitrogens with zero attached hydrogens (tertiary/aromatic N) is 3. The van der Waals surface area contributed by atoms with Crippen molar-refractivity contribution in [1.29, 1.82) is 0 Å². The van der Waals surface area contributed by atoms with Gasteiger partial charge in [0.2, 0.25) is 0 Å². The van der Waals surface area contributed by atoms with Crippen LogP contribution in [0.2, 0.25) is 0 Å². The summed E-state index contributed by atoms with van der Waals surface area (Å²) in [6.45, 7) is 10.5. The SMILES string of the molecule is Cc1nc(CC(N)c2snnc2C(C)(C)C)sc1C. The van der Waals surface area contributed by atoms with Gasteiger partial charge >= 0.3 is 0 Å². The zero-order valence-corrected chi connectivity index (χ0v) is 13.7. The summed E-state index contributed by atoms with van der Waals surface area (Å²) in [5.74, 6) is 0. The molecule has 0 fully saturated rings. The van der Waals surface area contributed by atoms with Gasteiger partial charge in [0.1, 0.15) is 0 Å². The molecule has 0 saturated heterocycles. The molecule has 0 aliphatic rings. The number of hydrogen-bond donors (Lipinski definition) is 1. The van der Waals surface area contributed by atoms with Gasteiger partial charge in [-0.15, -0.1) is 16.4 Å². The third-order valence-corrected chi connectivity index (χ3v) is 4.98. The highest BCUT2D eigenvalue weighted by molar-refractivity contribution is 7.11. The molecule has 1 atom stereocenters. The van der Waals surface area contributed by atoms with Gasteiger partial charge in [0.15, 0.2) is 0 Å². The molecule has 0 saturated carbocycles. The van der Waals surface area contributed by atoms with Gasteiger partial charge in [-0.3, -0.25) is 0 Å². The monoisotopic (exact) mass is 296 g/mol. The molecule has 104 valence electrons. The van der Waals surface area contributed by atoms with Crippen molar-refractivity contribution in [1.82, 2.24) is 14.6 Å². The minimum atomic E-state index is -0.0702. The molecule has 0 bridgehead atoms. The van der Waals surface area contributed by atoms with Gasteiger partial charge in [0, 0.05) is 22.8 Å². The molecule has 0 amide bonds. The Bertz CT molecular complexity index is 546. The molecule has 2 aromatic heterocycles. The van der Waals surface area contributed by atoms with Gasteiger partial charge in [0.05, 0.1) is 21.3 Å². The molecule has 2 aromatic rings. The molecule has 0 aromatic carbocycles. The lowest BCUT2D eigenvalue weighted by Crippen LogP contribution is -2.20. The molecule has 1 unspecified atom stereocenters. The molecule has 19 heavy (non-hydrogen) atoms. The summed E-state index contributed by atoms with van der Waals surface area (Å²) in [4.78, 5) is 6.90. The zero-order valence-electron chi connectivity index (χ0n) is 12.0. The average molecular weight is 296 g/mol. The van der Waals surface area contributed by atoms with E-state index in [4.69, 9.17) is 5.73 Å². The maximum atomic E-state index is 6.33. The van der Waals surface area contributed by atoms with Crippen molar-refractivity contribution < 1.29 is 0 Å². The minimum Gasteiger partial charge on any atom is -0.323 e. The molecular weight excluding hydrogens is 276 g/mol. The van der Waals surface area contributed by atoms with Crippen molar-refractivity contribution in [3.63, 3.8) is 0 Å². The first-order valence-electron chi connectivity index (χ1n) is 6.30. The van der Waals surface area contributed by atoms with E-state index in [0.29, 0.717) is 0 Å². The Morgan fingerprint density at radius 2 is 1.95 bits per heavy atom. The topological polar surface area (TPSA) is 64.7 Å². The minimum absolute atomic E-state index is 0.0192. The van der Waals surface area contributed by atoms with Crippen LogP contribution < -0.4 is 5.73 Å². The van der Waals surface area contributed by atoms with Gasteiger partial charge in [0.25, 0.3) is 0 Å². The van der Waals surface area contributed by atoms with E-state index in [1.54, 1.807) is 11.3 Å². The summed E-state index contributed by atoms with van der Waals surface area (Å²) in [5, 5.41) is 5.34. The Balaban J connectivity index is 2.21. The average Bonchev–Trinajstić information content (AvgIpc) is 2.86. The van der Waals surface area contributed by atoms with Crippen LogP contribution in [-0.4, -0.2) is 14.6 Å². The summed E-state index contributed by atoms with van der Waals surface area (Å²) in [6.07, 6.45) is 0.756. The van der Waals surface area contributed by atoms with E-state index >= 15 is 0 Å². The summed E-state index contributed by atoms with van der Waals surface area (Å²) >= 11 is 3.13. The van der Waals surface area contributed by atoms with Crippen molar-refractivity contribution in [3.05, 3.63) is 26.1 Å². The summed E-state index contributed by atoms with van der Waals surface area (Å²) in [6, 6.07) is -0.0702. The van der Waals surface area contributed by atoms with Crippen LogP contribution in [0.1, 0.15) is 53.0 Å². The highest BCUT2D eigenvalue weighted by Gasteiger charge is 2.26. The van der Waals surface area contributed by atoms with Crippen LogP contribution >= 0.6 is 22.9 Å². The predicted octanol–water partition coefficient (Wildman–Crippen LogP) is 3.15. The van der Waals surface area contributed by atoms with Crippen molar-refractivity contribution in [3.8, 4) is 0 Å². The normalized spacial score (nSPS) is 13.8. The second-order valence-electron chi connectivity index (χ2n) is 5.80. The Morgan fingerprint density at radius 3 is 2.47 bits per heavy atom. The van der Waals surface area contributed by atoms with E-state index < -0.39 is 0 Å². The third kappa shape index (κ3) is 3.19. The quantitative estimate of drug-likeness (QED) is 0.945. The summed E-state index contributed by atoms with van der Waals surface area (Å²) in [7, 11) is 0. The number of aromatic nitrogens is 3. The number of thiazole rings is 1. The largest absolute Gasteiger partial charge is 0.323 e. The number of hydrogen-bond acceptors (Lipinski definition) is 6. The van der Waals surface area contributed by atoms with Crippen LogP contribution in [0.4, 0.5) is 0 Å². The van der Waals surface area contributed by atoms with E-state index in [9.17, 15) is 0 Å². The molecule has 0 spiro atoms. The first kappa shape index (κ1) is 14.6. The number of rotatable bonds is 3. The van der Waals surface area contributed by atoms with Crippen LogP contribution in [0.25, 0.3) is 0 Å². The van der Waals surface area contributed by atoms with Crippen molar-refractivity contribution in [2.24, 2.45) is 5.73 Å². The van der Waals surface area contributed by atoms with E-state index in [1.165, 1.54) is 16.4 Å². The zero-order chi connectivity index (χ0) is 14.2. The van der Waals surface area contributed by atoms with Gasteiger partial charge < -0.3 is 5.73 Å². The molecule has 4 nitrogen and oxygen atoms in total. The number of nitrogens with two attached hydrogens (primary N) is 1. The highest BCUT2D eigenvalue weighted by Crippen LogP contribution is 2.31. The van der Waals surface area contributed by atoms with Crippen LogP contribution in [-0.2, 0) is 11.8 Å². The fourth-order valence-electron chi connectivity index (χ4n) is 1.87. The Hall–Kier alpha value is -0.850. The third-order valence-electron chi connectivity index (χ3n) is 3.03. The molecular formula is C13H20N4S2. The Labute approximate surface area is 122 Å². The summed E-state index contributed by atoms with van der Waals surface area (Å²) in [5.41, 5.74) is 8.42. The second-order valence-corrected chi connectivity index (χ2v) is 7.87. The van der Waals surface area contributed by atoms with Crippen LogP contribution in [0.5, 0.6) is 0 Å². The number of aryl methyl sites for hydroxylation is 2. The standard InChI is InChI=1S/C13H20N4S2/c1-7-8(2)18-10(15-7)6-9(14)11-12(13(3,4)5)16-17-19-11/h9H,6,14H2,1-5H3. The lowest BCUT2D eigenvalue weighted by Gasteiger charge is -2.18. The highest BCUT2D eigenvalue weighted by atomic mass is 32.1. The van der Waals surface area contributed by atoms with Crippen LogP contribution in [0, 0.1) is 13.8 Å². The van der Waals surface area contributed by atoms with E-state index in [1.807, 2.05) is 6.92 Å². The fourth-order valence-corrected chi connectivity index (χ4v) is 3.72. The van der Waals surface area contributed by atoms with Crippen LogP contribution in [0.15, 0.2) is 0 Å². The fraction of sp³-hybridized carbons (Fsp3) is 0.615. The molecule has 2 rings (SSSR count). The molecule has 6 heteroatoms. The molecule has 0 aliphatic heterocycles. The maximum absolute atomic E-state index is 6.33. The second kappa shape index (κ2) is 5.26. The van der Waals surface area contributed by atoms with Crippen molar-refractivity contribution >= 4 is 22.9 Å². The van der Waals surface area contributed by atoms with Crippen LogP contribution in [0.3, 0.4) is 0 Å². The van der Waals surface area contributed by atoms with E-state index in [2.05, 4.69) is 42.3 Å². The molecule has 0 aliphatic carbocycles.